The Bertz CT molecular complexity index is 653. The summed E-state index contributed by atoms with van der Waals surface area (Å²) in [5.74, 6) is 0.901. The summed E-state index contributed by atoms with van der Waals surface area (Å²) in [6.07, 6.45) is 10.6. The van der Waals surface area contributed by atoms with Crippen LogP contribution in [0.4, 0.5) is 0 Å². The Balaban J connectivity index is 1.59. The molecule has 0 spiro atoms. The number of rotatable bonds is 2. The van der Waals surface area contributed by atoms with Crippen molar-refractivity contribution in [3.8, 4) is 0 Å². The van der Waals surface area contributed by atoms with Gasteiger partial charge in [0.1, 0.15) is 6.10 Å². The van der Waals surface area contributed by atoms with Gasteiger partial charge < -0.3 is 9.84 Å². The van der Waals surface area contributed by atoms with Gasteiger partial charge in [0.15, 0.2) is 0 Å². The topological polar surface area (TPSA) is 63.6 Å². The highest BCUT2D eigenvalue weighted by atomic mass is 16.5. The van der Waals surface area contributed by atoms with E-state index in [0.29, 0.717) is 17.8 Å². The van der Waals surface area contributed by atoms with Gasteiger partial charge >= 0.3 is 11.9 Å². The van der Waals surface area contributed by atoms with E-state index in [1.54, 1.807) is 0 Å². The van der Waals surface area contributed by atoms with Crippen molar-refractivity contribution in [1.82, 2.24) is 0 Å². The molecule has 4 heteroatoms. The highest BCUT2D eigenvalue weighted by Gasteiger charge is 2.60. The summed E-state index contributed by atoms with van der Waals surface area (Å²) < 4.78 is 5.50. The van der Waals surface area contributed by atoms with Gasteiger partial charge in [0.25, 0.3) is 0 Å². The van der Waals surface area contributed by atoms with Crippen molar-refractivity contribution in [1.29, 1.82) is 0 Å². The number of carboxylic acid groups (broad SMARTS) is 1. The van der Waals surface area contributed by atoms with Crippen LogP contribution >= 0.6 is 0 Å². The molecule has 0 aromatic heterocycles. The number of carboxylic acids is 1. The van der Waals surface area contributed by atoms with Gasteiger partial charge in [0, 0.05) is 13.3 Å². The first-order valence-electron chi connectivity index (χ1n) is 10.4. The van der Waals surface area contributed by atoms with E-state index in [4.69, 9.17) is 4.74 Å². The quantitative estimate of drug-likeness (QED) is 0.578. The lowest BCUT2D eigenvalue weighted by Gasteiger charge is -2.57. The van der Waals surface area contributed by atoms with Crippen LogP contribution in [0.5, 0.6) is 0 Å². The first-order chi connectivity index (χ1) is 12.3. The molecular formula is C22H32O4. The summed E-state index contributed by atoms with van der Waals surface area (Å²) in [5.41, 5.74) is 1.68. The Morgan fingerprint density at radius 2 is 1.88 bits per heavy atom. The number of ether oxygens (including phenoxy) is 1. The Labute approximate surface area is 156 Å². The van der Waals surface area contributed by atoms with Crippen molar-refractivity contribution in [3.63, 3.8) is 0 Å². The first kappa shape index (κ1) is 18.1. The fourth-order valence-electron chi connectivity index (χ4n) is 7.37. The zero-order valence-electron chi connectivity index (χ0n) is 16.3. The highest BCUT2D eigenvalue weighted by molar-refractivity contribution is 5.71. The smallest absolute Gasteiger partial charge is 0.307 e. The fourth-order valence-corrected chi connectivity index (χ4v) is 7.37. The van der Waals surface area contributed by atoms with Crippen LogP contribution in [-0.4, -0.2) is 23.1 Å². The third kappa shape index (κ3) is 2.55. The molecule has 0 aliphatic heterocycles. The zero-order chi connectivity index (χ0) is 18.7. The van der Waals surface area contributed by atoms with Crippen molar-refractivity contribution in [2.45, 2.75) is 78.2 Å². The largest absolute Gasteiger partial charge is 0.481 e. The van der Waals surface area contributed by atoms with Gasteiger partial charge in [-0.05, 0) is 73.5 Å². The number of carbonyl (C=O) groups is 2. The van der Waals surface area contributed by atoms with E-state index in [1.807, 2.05) is 0 Å². The van der Waals surface area contributed by atoms with Crippen LogP contribution in [0.15, 0.2) is 11.6 Å². The lowest BCUT2D eigenvalue weighted by molar-refractivity contribution is -0.151. The molecule has 4 nitrogen and oxygen atoms in total. The molecule has 0 amide bonds. The molecule has 3 saturated carbocycles. The minimum atomic E-state index is -0.589. The molecule has 4 aliphatic carbocycles. The third-order valence-electron chi connectivity index (χ3n) is 8.69. The summed E-state index contributed by atoms with van der Waals surface area (Å²) in [6, 6.07) is 0. The van der Waals surface area contributed by atoms with Crippen LogP contribution in [0.3, 0.4) is 0 Å². The Morgan fingerprint density at radius 1 is 1.12 bits per heavy atom. The van der Waals surface area contributed by atoms with Gasteiger partial charge in [-0.1, -0.05) is 25.5 Å². The second-order valence-corrected chi connectivity index (χ2v) is 9.75. The summed E-state index contributed by atoms with van der Waals surface area (Å²) >= 11 is 0. The van der Waals surface area contributed by atoms with Gasteiger partial charge in [0.2, 0.25) is 0 Å². The second-order valence-electron chi connectivity index (χ2n) is 9.75. The number of carbonyl (C=O) groups excluding carboxylic acids is 1. The molecule has 7 atom stereocenters. The number of esters is 1. The normalized spacial score (nSPS) is 47.2. The number of aliphatic carboxylic acids is 1. The maximum atomic E-state index is 11.8. The van der Waals surface area contributed by atoms with E-state index in [-0.39, 0.29) is 28.8 Å². The standard InChI is InChI=1S/C22H32O4/c1-13(23)26-15-8-10-21(2)14(12-15)4-5-16-17-6-7-19(20(24)25)22(17,3)11-9-18(16)21/h4,15-19H,5-12H2,1-3H3,(H,24,25)/t15-,16+,17+,18+,19-,21-,22-/m0/s1. The maximum absolute atomic E-state index is 11.8. The summed E-state index contributed by atoms with van der Waals surface area (Å²) in [7, 11) is 0. The lowest BCUT2D eigenvalue weighted by atomic mass is 9.47. The average molecular weight is 360 g/mol. The number of hydrogen-bond acceptors (Lipinski definition) is 3. The molecule has 0 radical (unpaired) electrons. The molecule has 3 fully saturated rings. The second kappa shape index (κ2) is 6.10. The van der Waals surface area contributed by atoms with E-state index >= 15 is 0 Å². The van der Waals surface area contributed by atoms with E-state index in [0.717, 1.165) is 51.4 Å². The Hall–Kier alpha value is -1.32. The van der Waals surface area contributed by atoms with Gasteiger partial charge in [-0.3, -0.25) is 9.59 Å². The molecule has 26 heavy (non-hydrogen) atoms. The van der Waals surface area contributed by atoms with Crippen molar-refractivity contribution in [2.24, 2.45) is 34.5 Å². The molecular weight excluding hydrogens is 328 g/mol. The predicted octanol–water partition coefficient (Wildman–Crippen LogP) is 4.58. The van der Waals surface area contributed by atoms with Crippen LogP contribution in [-0.2, 0) is 14.3 Å². The molecule has 0 saturated heterocycles. The summed E-state index contributed by atoms with van der Waals surface area (Å²) in [5, 5.41) is 9.70. The van der Waals surface area contributed by atoms with Gasteiger partial charge in [-0.15, -0.1) is 0 Å². The van der Waals surface area contributed by atoms with Crippen LogP contribution < -0.4 is 0 Å². The molecule has 0 unspecified atom stereocenters. The monoisotopic (exact) mass is 360 g/mol. The fraction of sp³-hybridized carbons (Fsp3) is 0.818. The molecule has 0 aromatic rings. The summed E-state index contributed by atoms with van der Waals surface area (Å²) in [6.45, 7) is 6.17. The minimum Gasteiger partial charge on any atom is -0.481 e. The van der Waals surface area contributed by atoms with Gasteiger partial charge in [-0.2, -0.15) is 0 Å². The molecule has 1 N–H and O–H groups in total. The number of fused-ring (bicyclic) bond motifs is 5. The van der Waals surface area contributed by atoms with Gasteiger partial charge in [-0.25, -0.2) is 0 Å². The SMILES string of the molecule is CC(=O)O[C@H]1CC[C@@]2(C)C(=CC[C@@H]3[C@H]4CC[C@@H](C(=O)O)[C@@]4(C)CC[C@H]32)C1. The maximum Gasteiger partial charge on any atom is 0.307 e. The van der Waals surface area contributed by atoms with Crippen LogP contribution in [0.25, 0.3) is 0 Å². The Kier molecular flexibility index (Phi) is 4.24. The number of hydrogen-bond donors (Lipinski definition) is 1. The minimum absolute atomic E-state index is 0.0242. The van der Waals surface area contributed by atoms with Crippen molar-refractivity contribution in [3.05, 3.63) is 11.6 Å². The molecule has 0 heterocycles. The van der Waals surface area contributed by atoms with E-state index in [2.05, 4.69) is 19.9 Å². The number of allylic oxidation sites excluding steroid dienone is 1. The summed E-state index contributed by atoms with van der Waals surface area (Å²) in [4.78, 5) is 23.1. The molecule has 4 rings (SSSR count). The molecule has 0 aromatic carbocycles. The van der Waals surface area contributed by atoms with E-state index in [1.165, 1.54) is 12.5 Å². The zero-order valence-corrected chi connectivity index (χ0v) is 16.3. The van der Waals surface area contributed by atoms with Crippen LogP contribution in [0, 0.1) is 34.5 Å². The average Bonchev–Trinajstić information content (AvgIpc) is 2.92. The van der Waals surface area contributed by atoms with Crippen molar-refractivity contribution >= 4 is 11.9 Å². The lowest BCUT2D eigenvalue weighted by Crippen LogP contribution is -2.51. The highest BCUT2D eigenvalue weighted by Crippen LogP contribution is 2.66. The van der Waals surface area contributed by atoms with E-state index < -0.39 is 5.97 Å². The van der Waals surface area contributed by atoms with Gasteiger partial charge in [0.05, 0.1) is 5.92 Å². The van der Waals surface area contributed by atoms with Crippen LogP contribution in [0.1, 0.15) is 72.1 Å². The third-order valence-corrected chi connectivity index (χ3v) is 8.69. The molecule has 144 valence electrons. The molecule has 0 bridgehead atoms. The van der Waals surface area contributed by atoms with Crippen molar-refractivity contribution in [2.75, 3.05) is 0 Å². The molecule has 4 aliphatic rings. The van der Waals surface area contributed by atoms with Crippen LogP contribution in [0.2, 0.25) is 0 Å². The predicted molar refractivity (Wildman–Crippen MR) is 98.4 cm³/mol. The Morgan fingerprint density at radius 3 is 2.58 bits per heavy atom. The van der Waals surface area contributed by atoms with E-state index in [9.17, 15) is 14.7 Å². The first-order valence-corrected chi connectivity index (χ1v) is 10.4. The van der Waals surface area contributed by atoms with Crippen molar-refractivity contribution < 1.29 is 19.4 Å².